The fourth-order valence-corrected chi connectivity index (χ4v) is 9.03. The molecule has 0 amide bonds. The molecule has 0 bridgehead atoms. The minimum atomic E-state index is -0.0291. The number of rotatable bonds is 6. The molecule has 0 radical (unpaired) electrons. The number of hydrogen-bond acceptors (Lipinski definition) is 2. The molecular formula is C48H38N2. The van der Waals surface area contributed by atoms with E-state index in [1.807, 2.05) is 0 Å². The number of anilines is 5. The lowest BCUT2D eigenvalue weighted by Crippen LogP contribution is -2.24. The van der Waals surface area contributed by atoms with Crippen molar-refractivity contribution in [2.75, 3.05) is 9.80 Å². The molecule has 0 heterocycles. The monoisotopic (exact) mass is 642 g/mol. The van der Waals surface area contributed by atoms with E-state index >= 15 is 0 Å². The number of nitrogens with zero attached hydrogens (tertiary/aromatic N) is 2. The summed E-state index contributed by atoms with van der Waals surface area (Å²) in [5.74, 6) is 1.04. The summed E-state index contributed by atoms with van der Waals surface area (Å²) < 4.78 is 0. The highest BCUT2D eigenvalue weighted by molar-refractivity contribution is 6.01. The van der Waals surface area contributed by atoms with Gasteiger partial charge >= 0.3 is 0 Å². The molecule has 2 heteroatoms. The molecule has 0 aliphatic heterocycles. The zero-order valence-electron chi connectivity index (χ0n) is 28.4. The first kappa shape index (κ1) is 29.1. The second-order valence-electron chi connectivity index (χ2n) is 14.5. The Bertz CT molecular complexity index is 2500. The van der Waals surface area contributed by atoms with Crippen LogP contribution in [0, 0.1) is 11.8 Å². The summed E-state index contributed by atoms with van der Waals surface area (Å²) in [6.45, 7) is 4.89. The Morgan fingerprint density at radius 1 is 0.500 bits per heavy atom. The first-order chi connectivity index (χ1) is 24.6. The molecule has 10 rings (SSSR count). The van der Waals surface area contributed by atoms with Gasteiger partial charge in [0.2, 0.25) is 0 Å². The van der Waals surface area contributed by atoms with Crippen molar-refractivity contribution in [3.63, 3.8) is 0 Å². The molecule has 1 fully saturated rings. The average molecular weight is 643 g/mol. The molecule has 0 saturated heterocycles. The number of hydrogen-bond donors (Lipinski definition) is 0. The number of para-hydroxylation sites is 2. The van der Waals surface area contributed by atoms with Gasteiger partial charge < -0.3 is 9.80 Å². The lowest BCUT2D eigenvalue weighted by atomic mass is 9.77. The van der Waals surface area contributed by atoms with Gasteiger partial charge in [-0.2, -0.15) is 0 Å². The fourth-order valence-electron chi connectivity index (χ4n) is 9.03. The van der Waals surface area contributed by atoms with Crippen molar-refractivity contribution in [2.45, 2.75) is 25.7 Å². The van der Waals surface area contributed by atoms with E-state index < -0.39 is 0 Å². The average Bonchev–Trinajstić information content (AvgIpc) is 3.93. The Kier molecular flexibility index (Phi) is 6.45. The maximum Gasteiger partial charge on any atom is 0.0540 e. The van der Waals surface area contributed by atoms with E-state index in [0.29, 0.717) is 11.8 Å². The molecule has 2 nitrogen and oxygen atoms in total. The standard InChI is InChI=1S/C48H38N2/c1-48(2)43-28-27-36(49(34-19-5-3-6-20-34)44-25-13-17-32-15-9-11-23-37(32)44)29-39(43)42-31-46(40-30-41(40)47(42)48)50(35-21-7-4-8-22-35)45-26-14-18-33-16-10-12-24-38(33)45/h3-29,31,40-41H,30H2,1-2H3. The zero-order valence-corrected chi connectivity index (χ0v) is 28.4. The Morgan fingerprint density at radius 3 is 1.68 bits per heavy atom. The predicted molar refractivity (Wildman–Crippen MR) is 211 cm³/mol. The van der Waals surface area contributed by atoms with E-state index in [2.05, 4.69) is 194 Å². The van der Waals surface area contributed by atoms with E-state index in [4.69, 9.17) is 0 Å². The largest absolute Gasteiger partial charge is 0.313 e. The second-order valence-corrected chi connectivity index (χ2v) is 14.5. The Hall–Kier alpha value is -5.86. The van der Waals surface area contributed by atoms with Crippen LogP contribution < -0.4 is 9.80 Å². The molecule has 3 aliphatic rings. The van der Waals surface area contributed by atoms with Crippen LogP contribution in [0.1, 0.15) is 31.4 Å². The van der Waals surface area contributed by atoms with Crippen LogP contribution in [0.3, 0.4) is 0 Å². The normalized spacial score (nSPS) is 18.3. The van der Waals surface area contributed by atoms with E-state index in [1.165, 1.54) is 73.1 Å². The highest BCUT2D eigenvalue weighted by Gasteiger charge is 2.54. The second kappa shape index (κ2) is 11.1. The molecule has 2 atom stereocenters. The molecule has 2 unspecified atom stereocenters. The van der Waals surface area contributed by atoms with Crippen LogP contribution in [-0.2, 0) is 5.41 Å². The van der Waals surface area contributed by atoms with Crippen LogP contribution in [0.25, 0.3) is 27.1 Å². The summed E-state index contributed by atoms with van der Waals surface area (Å²) in [5.41, 5.74) is 13.2. The smallest absolute Gasteiger partial charge is 0.0540 e. The lowest BCUT2D eigenvalue weighted by molar-refractivity contribution is 0.587. The highest BCUT2D eigenvalue weighted by atomic mass is 15.2. The first-order valence-corrected chi connectivity index (χ1v) is 17.8. The lowest BCUT2D eigenvalue weighted by Gasteiger charge is -2.33. The summed E-state index contributed by atoms with van der Waals surface area (Å²) in [5, 5.41) is 5.03. The third kappa shape index (κ3) is 4.41. The first-order valence-electron chi connectivity index (χ1n) is 17.8. The molecule has 0 aromatic heterocycles. The van der Waals surface area contributed by atoms with E-state index in [9.17, 15) is 0 Å². The fraction of sp³-hybridized carbons (Fsp3) is 0.125. The summed E-state index contributed by atoms with van der Waals surface area (Å²) in [7, 11) is 0. The van der Waals surface area contributed by atoms with Crippen molar-refractivity contribution in [2.24, 2.45) is 11.8 Å². The Balaban J connectivity index is 1.17. The summed E-state index contributed by atoms with van der Waals surface area (Å²) in [6.07, 6.45) is 3.75. The van der Waals surface area contributed by atoms with Crippen LogP contribution in [0.15, 0.2) is 181 Å². The third-order valence-electron chi connectivity index (χ3n) is 11.3. The van der Waals surface area contributed by atoms with Gasteiger partial charge in [-0.3, -0.25) is 0 Å². The van der Waals surface area contributed by atoms with Gasteiger partial charge in [0.05, 0.1) is 11.4 Å². The van der Waals surface area contributed by atoms with Crippen molar-refractivity contribution < 1.29 is 0 Å². The molecule has 0 N–H and O–H groups in total. The van der Waals surface area contributed by atoms with Gasteiger partial charge in [-0.25, -0.2) is 0 Å². The molecule has 0 spiro atoms. The molecule has 3 aliphatic carbocycles. The van der Waals surface area contributed by atoms with Gasteiger partial charge in [0.1, 0.15) is 0 Å². The number of allylic oxidation sites excluding steroid dienone is 4. The van der Waals surface area contributed by atoms with Crippen molar-refractivity contribution >= 4 is 55.6 Å². The van der Waals surface area contributed by atoms with Crippen molar-refractivity contribution in [1.82, 2.24) is 0 Å². The van der Waals surface area contributed by atoms with Crippen molar-refractivity contribution in [3.05, 3.63) is 192 Å². The maximum absolute atomic E-state index is 2.56. The van der Waals surface area contributed by atoms with E-state index in [1.54, 1.807) is 5.57 Å². The molecule has 7 aromatic rings. The SMILES string of the molecule is CC1(C)C2=C(C=C(N(c3ccccc3)c3cccc4ccccc34)C3CC23)c2cc(N(c3ccccc3)c3cccc4ccccc34)ccc21. The minimum Gasteiger partial charge on any atom is -0.313 e. The van der Waals surface area contributed by atoms with Gasteiger partial charge in [-0.15, -0.1) is 0 Å². The van der Waals surface area contributed by atoms with Gasteiger partial charge in [0.25, 0.3) is 0 Å². The summed E-state index contributed by atoms with van der Waals surface area (Å²) in [6, 6.07) is 59.9. The molecule has 7 aromatic carbocycles. The number of fused-ring (bicyclic) bond motifs is 6. The quantitative estimate of drug-likeness (QED) is 0.178. The molecule has 50 heavy (non-hydrogen) atoms. The van der Waals surface area contributed by atoms with E-state index in [-0.39, 0.29) is 5.41 Å². The minimum absolute atomic E-state index is 0.0291. The van der Waals surface area contributed by atoms with Gasteiger partial charge in [-0.1, -0.05) is 129 Å². The Morgan fingerprint density at radius 2 is 1.04 bits per heavy atom. The topological polar surface area (TPSA) is 6.48 Å². The Labute approximate surface area is 294 Å². The maximum atomic E-state index is 2.56. The van der Waals surface area contributed by atoms with Crippen molar-refractivity contribution in [1.29, 1.82) is 0 Å². The van der Waals surface area contributed by atoms with Gasteiger partial charge in [-0.05, 0) is 100.0 Å². The zero-order chi connectivity index (χ0) is 33.4. The van der Waals surface area contributed by atoms with Crippen LogP contribution in [0.2, 0.25) is 0 Å². The van der Waals surface area contributed by atoms with Crippen LogP contribution in [-0.4, -0.2) is 0 Å². The number of benzene rings is 7. The van der Waals surface area contributed by atoms with E-state index in [0.717, 1.165) is 5.69 Å². The molecule has 1 saturated carbocycles. The van der Waals surface area contributed by atoms with Gasteiger partial charge in [0.15, 0.2) is 0 Å². The van der Waals surface area contributed by atoms with Crippen LogP contribution in [0.5, 0.6) is 0 Å². The summed E-state index contributed by atoms with van der Waals surface area (Å²) in [4.78, 5) is 4.99. The molecule has 240 valence electrons. The van der Waals surface area contributed by atoms with Crippen LogP contribution >= 0.6 is 0 Å². The third-order valence-corrected chi connectivity index (χ3v) is 11.3. The highest BCUT2D eigenvalue weighted by Crippen LogP contribution is 2.65. The molecular weight excluding hydrogens is 605 g/mol. The summed E-state index contributed by atoms with van der Waals surface area (Å²) >= 11 is 0. The van der Waals surface area contributed by atoms with Gasteiger partial charge in [0, 0.05) is 44.9 Å². The predicted octanol–water partition coefficient (Wildman–Crippen LogP) is 12.9. The van der Waals surface area contributed by atoms with Crippen LogP contribution in [0.4, 0.5) is 28.4 Å². The van der Waals surface area contributed by atoms with Crippen molar-refractivity contribution in [3.8, 4) is 0 Å².